The Morgan fingerprint density at radius 3 is 2.33 bits per heavy atom. The Bertz CT molecular complexity index is 1410. The molecule has 2 atom stereocenters. The number of halogens is 5. The average molecular weight is 647 g/mol. The first-order valence-corrected chi connectivity index (χ1v) is 14.2. The molecule has 3 N–H and O–H groups in total. The van der Waals surface area contributed by atoms with E-state index in [1.807, 2.05) is 0 Å². The molecule has 0 fully saturated rings. The van der Waals surface area contributed by atoms with Crippen molar-refractivity contribution >= 4 is 52.0 Å². The molecule has 9 nitrogen and oxygen atoms in total. The minimum atomic E-state index is -4.56. The first-order chi connectivity index (χ1) is 19.7. The molecule has 15 heteroatoms. The fourth-order valence-electron chi connectivity index (χ4n) is 3.91. The molecule has 0 bridgehead atoms. The predicted octanol–water partition coefficient (Wildman–Crippen LogP) is 4.57. The topological polar surface area (TPSA) is 115 Å². The highest BCUT2D eigenvalue weighted by Crippen LogP contribution is 2.28. The molecule has 0 aliphatic carbocycles. The van der Waals surface area contributed by atoms with Crippen LogP contribution in [0.3, 0.4) is 0 Å². The van der Waals surface area contributed by atoms with E-state index in [0.29, 0.717) is 26.9 Å². The first-order valence-electron chi connectivity index (χ1n) is 12.4. The highest BCUT2D eigenvalue weighted by atomic mass is 35.5. The quantitative estimate of drug-likeness (QED) is 0.249. The minimum Gasteiger partial charge on any atom is -0.350 e. The molecule has 2 aromatic carbocycles. The lowest BCUT2D eigenvalue weighted by Crippen LogP contribution is -2.48. The maximum atomic E-state index is 12.7. The van der Waals surface area contributed by atoms with Crippen LogP contribution in [0.15, 0.2) is 60.8 Å². The highest BCUT2D eigenvalue weighted by Gasteiger charge is 2.32. The van der Waals surface area contributed by atoms with Gasteiger partial charge in [-0.3, -0.25) is 23.4 Å². The number of pyridine rings is 1. The number of alkyl halides is 3. The number of hydrogen-bond acceptors (Lipinski definition) is 5. The summed E-state index contributed by atoms with van der Waals surface area (Å²) in [5.74, 6) is -0.815. The maximum Gasteiger partial charge on any atom is 0.433 e. The molecule has 0 radical (unpaired) electrons. The van der Waals surface area contributed by atoms with Crippen LogP contribution in [0.2, 0.25) is 10.0 Å². The molecular weight excluding hydrogens is 618 g/mol. The fourth-order valence-corrected chi connectivity index (χ4v) is 4.92. The van der Waals surface area contributed by atoms with Gasteiger partial charge in [-0.05, 0) is 68.0 Å². The second-order valence-corrected chi connectivity index (χ2v) is 11.2. The second-order valence-electron chi connectivity index (χ2n) is 9.49. The van der Waals surface area contributed by atoms with Crippen molar-refractivity contribution in [2.45, 2.75) is 25.2 Å². The smallest absolute Gasteiger partial charge is 0.350 e. The highest BCUT2D eigenvalue weighted by molar-refractivity contribution is 7.80. The van der Waals surface area contributed by atoms with E-state index >= 15 is 0 Å². The van der Waals surface area contributed by atoms with Crippen LogP contribution in [0, 0.1) is 0 Å². The summed E-state index contributed by atoms with van der Waals surface area (Å²) < 4.78 is 61.7. The van der Waals surface area contributed by atoms with Gasteiger partial charge in [-0.25, -0.2) is 4.21 Å². The zero-order valence-electron chi connectivity index (χ0n) is 22.5. The van der Waals surface area contributed by atoms with Crippen LogP contribution in [0.25, 0.3) is 0 Å². The van der Waals surface area contributed by atoms with Gasteiger partial charge >= 0.3 is 6.18 Å². The molecule has 3 aromatic rings. The molecule has 2 amide bonds. The number of hydrogen-bond donors (Lipinski definition) is 3. The van der Waals surface area contributed by atoms with Crippen LogP contribution in [-0.4, -0.2) is 63.7 Å². The third kappa shape index (κ3) is 9.66. The van der Waals surface area contributed by atoms with Gasteiger partial charge in [0.05, 0.1) is 34.9 Å². The number of carbonyl (C=O) groups excluding carboxylic acids is 2. The van der Waals surface area contributed by atoms with E-state index < -0.39 is 35.1 Å². The van der Waals surface area contributed by atoms with Gasteiger partial charge in [-0.15, -0.1) is 0 Å². The van der Waals surface area contributed by atoms with Gasteiger partial charge in [0.1, 0.15) is 5.69 Å². The normalized spacial score (nSPS) is 13.0. The van der Waals surface area contributed by atoms with Gasteiger partial charge in [0.25, 0.3) is 17.2 Å². The third-order valence-corrected chi connectivity index (χ3v) is 7.48. The van der Waals surface area contributed by atoms with E-state index in [9.17, 15) is 31.5 Å². The summed E-state index contributed by atoms with van der Waals surface area (Å²) in [5.41, 5.74) is 0.483. The Morgan fingerprint density at radius 1 is 1.07 bits per heavy atom. The molecular formula is C27H28Cl2F3N5O4S. The lowest BCUT2D eigenvalue weighted by atomic mass is 10.1. The van der Waals surface area contributed by atoms with Crippen LogP contribution in [0.4, 0.5) is 18.9 Å². The zero-order valence-corrected chi connectivity index (χ0v) is 24.8. The van der Waals surface area contributed by atoms with Crippen LogP contribution < -0.4 is 14.9 Å². The van der Waals surface area contributed by atoms with E-state index in [1.165, 1.54) is 30.3 Å². The number of anilines is 1. The Morgan fingerprint density at radius 2 is 1.76 bits per heavy atom. The Balaban J connectivity index is 1.73. The van der Waals surface area contributed by atoms with Crippen molar-refractivity contribution in [3.8, 4) is 0 Å². The number of likely N-dealkylation sites (N-methyl/N-ethyl adjacent to an activating group) is 1. The molecule has 226 valence electrons. The van der Waals surface area contributed by atoms with Gasteiger partial charge in [0.15, 0.2) is 0 Å². The van der Waals surface area contributed by atoms with Crippen molar-refractivity contribution in [2.24, 2.45) is 0 Å². The van der Waals surface area contributed by atoms with E-state index in [1.54, 1.807) is 37.2 Å². The molecule has 2 unspecified atom stereocenters. The van der Waals surface area contributed by atoms with E-state index in [0.717, 1.165) is 16.6 Å². The number of aromatic nitrogens is 1. The number of benzene rings is 2. The molecule has 3 rings (SSSR count). The third-order valence-electron chi connectivity index (χ3n) is 5.88. The number of nitrogens with zero attached hydrogens (tertiary/aromatic N) is 3. The lowest BCUT2D eigenvalue weighted by Gasteiger charge is -2.27. The minimum absolute atomic E-state index is 0.0567. The SMILES string of the molecule is CN(C)CC(=O)NC(Cc1cccc(Cl)c1Cl)CN(c1ccc(C(=O)NCc2ccc(C(F)(F)F)nc2)cc1)S(=O)O. The Hall–Kier alpha value is -3.23. The number of carbonyl (C=O) groups is 2. The van der Waals surface area contributed by atoms with Crippen molar-refractivity contribution < 1.29 is 31.5 Å². The number of amides is 2. The van der Waals surface area contributed by atoms with Gasteiger partial charge < -0.3 is 15.5 Å². The van der Waals surface area contributed by atoms with Crippen LogP contribution in [0.5, 0.6) is 0 Å². The maximum absolute atomic E-state index is 12.7. The molecule has 0 spiro atoms. The fraction of sp³-hybridized carbons (Fsp3) is 0.296. The van der Waals surface area contributed by atoms with E-state index in [4.69, 9.17) is 23.2 Å². The summed E-state index contributed by atoms with van der Waals surface area (Å²) in [4.78, 5) is 30.2. The molecule has 0 saturated carbocycles. The van der Waals surface area contributed by atoms with Crippen molar-refractivity contribution in [1.29, 1.82) is 0 Å². The molecule has 0 aliphatic heterocycles. The van der Waals surface area contributed by atoms with Crippen molar-refractivity contribution in [3.05, 3.63) is 93.2 Å². The zero-order chi connectivity index (χ0) is 31.0. The van der Waals surface area contributed by atoms with Crippen LogP contribution in [0.1, 0.15) is 27.2 Å². The summed E-state index contributed by atoms with van der Waals surface area (Å²) in [6.45, 7) is -0.0508. The first kappa shape index (κ1) is 33.3. The average Bonchev–Trinajstić information content (AvgIpc) is 2.92. The van der Waals surface area contributed by atoms with Gasteiger partial charge in [0, 0.05) is 18.3 Å². The second kappa shape index (κ2) is 14.8. The number of rotatable bonds is 12. The molecule has 0 aliphatic rings. The van der Waals surface area contributed by atoms with Crippen molar-refractivity contribution in [1.82, 2.24) is 20.5 Å². The monoisotopic (exact) mass is 645 g/mol. The summed E-state index contributed by atoms with van der Waals surface area (Å²) in [5, 5.41) is 6.11. The van der Waals surface area contributed by atoms with E-state index in [-0.39, 0.29) is 37.5 Å². The summed E-state index contributed by atoms with van der Waals surface area (Å²) in [6.07, 6.45) is -3.31. The van der Waals surface area contributed by atoms with Crippen LogP contribution in [-0.2, 0) is 35.2 Å². The van der Waals surface area contributed by atoms with Gasteiger partial charge in [0.2, 0.25) is 5.91 Å². The Kier molecular flexibility index (Phi) is 11.7. The number of nitrogens with one attached hydrogen (secondary N) is 2. The Labute approximate surface area is 253 Å². The van der Waals surface area contributed by atoms with E-state index in [2.05, 4.69) is 15.6 Å². The van der Waals surface area contributed by atoms with Crippen LogP contribution >= 0.6 is 23.2 Å². The molecule has 1 aromatic heterocycles. The largest absolute Gasteiger partial charge is 0.433 e. The lowest BCUT2D eigenvalue weighted by molar-refractivity contribution is -0.141. The molecule has 42 heavy (non-hydrogen) atoms. The standard InChI is InChI=1S/C27H28Cl2F3N5O4S/c1-36(2)16-24(38)35-20(12-19-4-3-5-22(28)25(19)29)15-37(42(40)41)21-9-7-18(8-10-21)26(39)34-14-17-6-11-23(33-13-17)27(30,31)32/h3-11,13,20H,12,14-16H2,1-2H3,(H,34,39)(H,35,38)(H,40,41). The van der Waals surface area contributed by atoms with Crippen molar-refractivity contribution in [2.75, 3.05) is 31.5 Å². The predicted molar refractivity (Wildman–Crippen MR) is 156 cm³/mol. The molecule has 1 heterocycles. The van der Waals surface area contributed by atoms with Gasteiger partial charge in [-0.1, -0.05) is 41.4 Å². The summed E-state index contributed by atoms with van der Waals surface area (Å²) >= 11 is 9.99. The summed E-state index contributed by atoms with van der Waals surface area (Å²) in [7, 11) is 3.46. The van der Waals surface area contributed by atoms with Crippen molar-refractivity contribution in [3.63, 3.8) is 0 Å². The molecule has 0 saturated heterocycles. The van der Waals surface area contributed by atoms with Gasteiger partial charge in [-0.2, -0.15) is 13.2 Å². The summed E-state index contributed by atoms with van der Waals surface area (Å²) in [6, 6.07) is 12.3.